The van der Waals surface area contributed by atoms with Gasteiger partial charge in [-0.3, -0.25) is 9.59 Å². The summed E-state index contributed by atoms with van der Waals surface area (Å²) in [5.41, 5.74) is 0.784. The van der Waals surface area contributed by atoms with Gasteiger partial charge in [0, 0.05) is 18.7 Å². The summed E-state index contributed by atoms with van der Waals surface area (Å²) in [6.07, 6.45) is 3.57. The van der Waals surface area contributed by atoms with Gasteiger partial charge in [-0.1, -0.05) is 16.8 Å². The summed E-state index contributed by atoms with van der Waals surface area (Å²) < 4.78 is 18.3. The molecule has 1 spiro atoms. The maximum atomic E-state index is 13.3. The fraction of sp³-hybridized carbons (Fsp3) is 0.450. The van der Waals surface area contributed by atoms with Crippen LogP contribution < -0.4 is 10.2 Å². The largest absolute Gasteiger partial charge is 0.351 e. The van der Waals surface area contributed by atoms with Crippen molar-refractivity contribution in [2.45, 2.75) is 45.1 Å². The van der Waals surface area contributed by atoms with Crippen molar-refractivity contribution in [2.75, 3.05) is 11.4 Å². The van der Waals surface area contributed by atoms with Crippen LogP contribution in [0.25, 0.3) is 0 Å². The van der Waals surface area contributed by atoms with Crippen LogP contribution in [0, 0.1) is 18.2 Å². The van der Waals surface area contributed by atoms with E-state index in [1.54, 1.807) is 24.0 Å². The second kappa shape index (κ2) is 7.20. The topological polar surface area (TPSA) is 75.4 Å². The minimum absolute atomic E-state index is 0.000194. The van der Waals surface area contributed by atoms with Crippen molar-refractivity contribution in [3.8, 4) is 0 Å². The van der Waals surface area contributed by atoms with Gasteiger partial charge in [0.05, 0.1) is 21.8 Å². The predicted molar refractivity (Wildman–Crippen MR) is 102 cm³/mol. The summed E-state index contributed by atoms with van der Waals surface area (Å²) in [7, 11) is 0. The first-order chi connectivity index (χ1) is 13.4. The highest BCUT2D eigenvalue weighted by Gasteiger charge is 2.49. The first-order valence-electron chi connectivity index (χ1n) is 9.39. The number of benzene rings is 1. The lowest BCUT2D eigenvalue weighted by atomic mass is 9.71. The monoisotopic (exact) mass is 405 g/mol. The molecule has 2 amide bonds. The SMILES string of the molecule is Cc1cc(C(=O)NC2CCC3(CC2)CCN(c2ccc(F)cc2Cl)C3=O)on1. The second-order valence-corrected chi connectivity index (χ2v) is 8.07. The third-order valence-electron chi connectivity index (χ3n) is 5.84. The van der Waals surface area contributed by atoms with Crippen molar-refractivity contribution >= 4 is 29.1 Å². The van der Waals surface area contributed by atoms with E-state index in [0.29, 0.717) is 30.8 Å². The molecule has 1 aromatic carbocycles. The molecule has 0 radical (unpaired) electrons. The Balaban J connectivity index is 1.40. The van der Waals surface area contributed by atoms with Gasteiger partial charge in [0.2, 0.25) is 11.7 Å². The van der Waals surface area contributed by atoms with Crippen LogP contribution >= 0.6 is 11.6 Å². The molecule has 148 valence electrons. The van der Waals surface area contributed by atoms with E-state index in [0.717, 1.165) is 19.3 Å². The number of halogens is 2. The Morgan fingerprint density at radius 1 is 1.32 bits per heavy atom. The molecule has 1 saturated carbocycles. The van der Waals surface area contributed by atoms with E-state index in [1.165, 1.54) is 12.1 Å². The van der Waals surface area contributed by atoms with E-state index in [-0.39, 0.29) is 28.6 Å². The molecule has 8 heteroatoms. The minimum atomic E-state index is -0.429. The number of aromatic nitrogens is 1. The zero-order chi connectivity index (χ0) is 19.9. The quantitative estimate of drug-likeness (QED) is 0.841. The Bertz CT molecular complexity index is 921. The predicted octanol–water partition coefficient (Wildman–Crippen LogP) is 3.87. The van der Waals surface area contributed by atoms with Crippen LogP contribution in [0.5, 0.6) is 0 Å². The van der Waals surface area contributed by atoms with Gasteiger partial charge < -0.3 is 14.7 Å². The zero-order valence-corrected chi connectivity index (χ0v) is 16.3. The Kier molecular flexibility index (Phi) is 4.87. The van der Waals surface area contributed by atoms with E-state index in [2.05, 4.69) is 10.5 Å². The lowest BCUT2D eigenvalue weighted by Crippen LogP contribution is -2.43. The standard InChI is InChI=1S/C20H21ClFN3O3/c1-12-10-17(28-24-12)18(26)23-14-4-6-20(7-5-14)8-9-25(19(20)27)16-3-2-13(22)11-15(16)21/h2-3,10-11,14H,4-9H2,1H3,(H,23,26). The number of rotatable bonds is 3. The molecule has 1 aromatic heterocycles. The van der Waals surface area contributed by atoms with Gasteiger partial charge in [0.15, 0.2) is 0 Å². The van der Waals surface area contributed by atoms with Crippen LogP contribution in [0.15, 0.2) is 28.8 Å². The maximum absolute atomic E-state index is 13.3. The Labute approximate surface area is 167 Å². The molecule has 0 bridgehead atoms. The Hall–Kier alpha value is -2.41. The molecule has 1 N–H and O–H groups in total. The van der Waals surface area contributed by atoms with Crippen molar-refractivity contribution in [1.82, 2.24) is 10.5 Å². The number of hydrogen-bond acceptors (Lipinski definition) is 4. The van der Waals surface area contributed by atoms with Gasteiger partial charge in [-0.25, -0.2) is 4.39 Å². The molecule has 2 aromatic rings. The molecular weight excluding hydrogens is 385 g/mol. The van der Waals surface area contributed by atoms with E-state index in [1.807, 2.05) is 0 Å². The van der Waals surface area contributed by atoms with Crippen LogP contribution in [0.1, 0.15) is 48.4 Å². The summed E-state index contributed by atoms with van der Waals surface area (Å²) in [6, 6.07) is 5.70. The number of carbonyl (C=O) groups excluding carboxylic acids is 2. The number of amides is 2. The second-order valence-electron chi connectivity index (χ2n) is 7.66. The summed E-state index contributed by atoms with van der Waals surface area (Å²) in [5.74, 6) is -0.462. The molecular formula is C20H21ClFN3O3. The van der Waals surface area contributed by atoms with Crippen LogP contribution in [-0.2, 0) is 4.79 Å². The van der Waals surface area contributed by atoms with Gasteiger partial charge in [0.1, 0.15) is 5.82 Å². The lowest BCUT2D eigenvalue weighted by molar-refractivity contribution is -0.127. The van der Waals surface area contributed by atoms with E-state index < -0.39 is 11.2 Å². The van der Waals surface area contributed by atoms with Gasteiger partial charge in [-0.05, 0) is 57.2 Å². The number of anilines is 1. The van der Waals surface area contributed by atoms with Crippen molar-refractivity contribution in [1.29, 1.82) is 0 Å². The molecule has 6 nitrogen and oxygen atoms in total. The zero-order valence-electron chi connectivity index (χ0n) is 15.5. The Morgan fingerprint density at radius 2 is 2.07 bits per heavy atom. The number of hydrogen-bond donors (Lipinski definition) is 1. The Morgan fingerprint density at radius 3 is 2.71 bits per heavy atom. The van der Waals surface area contributed by atoms with Gasteiger partial charge >= 0.3 is 0 Å². The number of nitrogens with zero attached hydrogens (tertiary/aromatic N) is 2. The molecule has 2 heterocycles. The molecule has 4 rings (SSSR count). The van der Waals surface area contributed by atoms with E-state index in [4.69, 9.17) is 16.1 Å². The highest BCUT2D eigenvalue weighted by atomic mass is 35.5. The normalized spacial score (nSPS) is 24.8. The molecule has 2 fully saturated rings. The highest BCUT2D eigenvalue weighted by molar-refractivity contribution is 6.34. The highest BCUT2D eigenvalue weighted by Crippen LogP contribution is 2.47. The third kappa shape index (κ3) is 3.39. The smallest absolute Gasteiger partial charge is 0.290 e. The summed E-state index contributed by atoms with van der Waals surface area (Å²) in [5, 5.41) is 6.94. The maximum Gasteiger partial charge on any atom is 0.290 e. The van der Waals surface area contributed by atoms with Crippen molar-refractivity contribution in [2.24, 2.45) is 5.41 Å². The van der Waals surface area contributed by atoms with Crippen molar-refractivity contribution < 1.29 is 18.5 Å². The van der Waals surface area contributed by atoms with Gasteiger partial charge in [-0.15, -0.1) is 0 Å². The average Bonchev–Trinajstić information content (AvgIpc) is 3.23. The first kappa shape index (κ1) is 18.9. The van der Waals surface area contributed by atoms with Crippen LogP contribution in [0.4, 0.5) is 10.1 Å². The van der Waals surface area contributed by atoms with Crippen molar-refractivity contribution in [3.05, 3.63) is 46.6 Å². The van der Waals surface area contributed by atoms with E-state index >= 15 is 0 Å². The molecule has 1 aliphatic carbocycles. The van der Waals surface area contributed by atoms with Crippen LogP contribution in [-0.4, -0.2) is 29.6 Å². The molecule has 0 unspecified atom stereocenters. The molecule has 28 heavy (non-hydrogen) atoms. The summed E-state index contributed by atoms with van der Waals surface area (Å²) >= 11 is 6.15. The summed E-state index contributed by atoms with van der Waals surface area (Å²) in [4.78, 5) is 27.0. The van der Waals surface area contributed by atoms with Crippen LogP contribution in [0.2, 0.25) is 5.02 Å². The molecule has 2 aliphatic rings. The van der Waals surface area contributed by atoms with Crippen molar-refractivity contribution in [3.63, 3.8) is 0 Å². The lowest BCUT2D eigenvalue weighted by Gasteiger charge is -2.36. The molecule has 0 atom stereocenters. The number of carbonyl (C=O) groups is 2. The molecule has 1 aliphatic heterocycles. The van der Waals surface area contributed by atoms with Gasteiger partial charge in [0.25, 0.3) is 5.91 Å². The van der Waals surface area contributed by atoms with Gasteiger partial charge in [-0.2, -0.15) is 0 Å². The average molecular weight is 406 g/mol. The fourth-order valence-electron chi connectivity index (χ4n) is 4.26. The first-order valence-corrected chi connectivity index (χ1v) is 9.77. The molecule has 1 saturated heterocycles. The number of nitrogens with one attached hydrogen (secondary N) is 1. The van der Waals surface area contributed by atoms with E-state index in [9.17, 15) is 14.0 Å². The third-order valence-corrected chi connectivity index (χ3v) is 6.15. The minimum Gasteiger partial charge on any atom is -0.351 e. The fourth-order valence-corrected chi connectivity index (χ4v) is 4.53. The van der Waals surface area contributed by atoms with Crippen LogP contribution in [0.3, 0.4) is 0 Å². The summed E-state index contributed by atoms with van der Waals surface area (Å²) in [6.45, 7) is 2.33. The number of aryl methyl sites for hydroxylation is 1.